The molecule has 0 atom stereocenters. The Hall–Kier alpha value is -3.09. The Kier molecular flexibility index (Phi) is 11.0. The van der Waals surface area contributed by atoms with Crippen LogP contribution in [0.1, 0.15) is 36.7 Å². The van der Waals surface area contributed by atoms with Crippen LogP contribution >= 0.6 is 7.82 Å². The van der Waals surface area contributed by atoms with Crippen LogP contribution in [0.5, 0.6) is 0 Å². The Morgan fingerprint density at radius 3 is 2.45 bits per heavy atom. The van der Waals surface area contributed by atoms with E-state index in [9.17, 15) is 4.79 Å². The van der Waals surface area contributed by atoms with E-state index in [1.807, 2.05) is 47.9 Å². The molecule has 3 heterocycles. The molecular weight excluding hydrogens is 544 g/mol. The topological polar surface area (TPSA) is 183 Å². The van der Waals surface area contributed by atoms with E-state index in [0.29, 0.717) is 17.8 Å². The summed E-state index contributed by atoms with van der Waals surface area (Å²) in [7, 11) is -4.89. The van der Waals surface area contributed by atoms with Crippen LogP contribution in [-0.2, 0) is 17.5 Å². The van der Waals surface area contributed by atoms with Crippen LogP contribution in [0.2, 0.25) is 0 Å². The molecule has 40 heavy (non-hydrogen) atoms. The van der Waals surface area contributed by atoms with Crippen LogP contribution in [0.3, 0.4) is 0 Å². The summed E-state index contributed by atoms with van der Waals surface area (Å²) in [6.45, 7) is 4.62. The third kappa shape index (κ3) is 8.21. The van der Waals surface area contributed by atoms with Crippen molar-refractivity contribution in [3.8, 4) is 22.5 Å². The monoisotopic (exact) mass is 571 g/mol. The maximum absolute atomic E-state index is 13.4. The molecule has 0 aliphatic heterocycles. The summed E-state index contributed by atoms with van der Waals surface area (Å²) >= 11 is 0. The minimum absolute atomic E-state index is 0. The number of nitrogens with one attached hydrogen (secondary N) is 1. The molecule has 0 fully saturated rings. The molecule has 0 bridgehead atoms. The van der Waals surface area contributed by atoms with Crippen molar-refractivity contribution in [1.29, 1.82) is 0 Å². The summed E-state index contributed by atoms with van der Waals surface area (Å²) in [5.41, 5.74) is 5.69. The second-order valence-electron chi connectivity index (χ2n) is 8.90. The number of pyridine rings is 1. The van der Waals surface area contributed by atoms with E-state index in [2.05, 4.69) is 44.7 Å². The first-order chi connectivity index (χ1) is 18.6. The normalized spacial score (nSPS) is 11.0. The van der Waals surface area contributed by atoms with E-state index in [1.165, 1.54) is 0 Å². The maximum atomic E-state index is 13.4. The van der Waals surface area contributed by atoms with Crippen LogP contribution in [-0.4, -0.2) is 44.9 Å². The van der Waals surface area contributed by atoms with Gasteiger partial charge in [-0.15, -0.1) is 5.10 Å². The van der Waals surface area contributed by atoms with E-state index in [-0.39, 0.29) is 35.1 Å². The summed E-state index contributed by atoms with van der Waals surface area (Å²) in [5, 5.41) is 14.8. The second-order valence-corrected chi connectivity index (χ2v) is 9.88. The number of nitrogens with zero attached hydrogens (tertiary/aromatic N) is 6. The Morgan fingerprint density at radius 2 is 1.80 bits per heavy atom. The number of aromatic nitrogens is 7. The molecule has 5 aromatic rings. The molecule has 12 nitrogen and oxygen atoms in total. The molecular formula is C26H27N7NaO5P. The van der Waals surface area contributed by atoms with Crippen molar-refractivity contribution in [2.24, 2.45) is 0 Å². The van der Waals surface area contributed by atoms with Crippen molar-refractivity contribution >= 4 is 18.7 Å². The Morgan fingerprint density at radius 1 is 1.07 bits per heavy atom. The fourth-order valence-corrected chi connectivity index (χ4v) is 4.15. The maximum Gasteiger partial charge on any atom is 1.00 e. The molecule has 0 radical (unpaired) electrons. The molecule has 2 aromatic carbocycles. The van der Waals surface area contributed by atoms with Gasteiger partial charge in [0.15, 0.2) is 5.82 Å². The van der Waals surface area contributed by atoms with E-state index in [4.69, 9.17) is 24.2 Å². The van der Waals surface area contributed by atoms with E-state index in [0.717, 1.165) is 58.4 Å². The van der Waals surface area contributed by atoms with Gasteiger partial charge >= 0.3 is 29.6 Å². The zero-order chi connectivity index (χ0) is 28.0. The largest absolute Gasteiger partial charge is 1.00 e. The van der Waals surface area contributed by atoms with E-state index in [1.54, 1.807) is 12.4 Å². The summed E-state index contributed by atoms with van der Waals surface area (Å²) in [5.74, 6) is 1.40. The SMILES string of the molecule is CCCCc1nc2ccc(C)cc2c(=O)n1Cc1ccc(-c2ccncc2-c2nnn[nH]2)cc1.O=P([O-])(O)O.[Na+]. The molecule has 3 N–H and O–H groups in total. The number of hydrogen-bond donors (Lipinski definition) is 3. The third-order valence-corrected chi connectivity index (χ3v) is 5.97. The van der Waals surface area contributed by atoms with Crippen LogP contribution in [0.15, 0.2) is 65.7 Å². The van der Waals surface area contributed by atoms with E-state index < -0.39 is 7.82 Å². The predicted octanol–water partition coefficient (Wildman–Crippen LogP) is -0.219. The standard InChI is InChI=1S/C26H25N7O.Na.H3O4P/c1-3-4-5-24-28-23-11-6-17(2)14-21(23)26(34)33(24)16-18-7-9-19(10-8-18)20-12-13-27-15-22(20)25-29-31-32-30-25;;1-5(2,3)4/h6-15H,3-5,16H2,1-2H3,(H,29,30,31,32);;(H3,1,2,3,4)/q;+1;/p-1. The Balaban J connectivity index is 0.000000677. The van der Waals surface area contributed by atoms with Crippen molar-refractivity contribution in [3.63, 3.8) is 0 Å². The van der Waals surface area contributed by atoms with E-state index >= 15 is 0 Å². The second kappa shape index (κ2) is 14.0. The van der Waals surface area contributed by atoms with Gasteiger partial charge in [-0.25, -0.2) is 10.1 Å². The van der Waals surface area contributed by atoms with Crippen molar-refractivity contribution in [2.75, 3.05) is 0 Å². The molecule has 202 valence electrons. The van der Waals surface area contributed by atoms with Gasteiger partial charge in [-0.3, -0.25) is 18.9 Å². The average molecular weight is 572 g/mol. The van der Waals surface area contributed by atoms with Crippen LogP contribution in [0.25, 0.3) is 33.4 Å². The first-order valence-corrected chi connectivity index (χ1v) is 13.7. The number of aryl methyl sites for hydroxylation is 2. The number of fused-ring (bicyclic) bond motifs is 1. The molecule has 0 amide bonds. The number of unbranched alkanes of at least 4 members (excludes halogenated alkanes) is 1. The fourth-order valence-electron chi connectivity index (χ4n) is 4.15. The molecule has 14 heteroatoms. The van der Waals surface area contributed by atoms with Gasteiger partial charge in [-0.05, 0) is 58.7 Å². The molecule has 3 aromatic heterocycles. The number of H-pyrrole nitrogens is 1. The fraction of sp³-hybridized carbons (Fsp3) is 0.231. The van der Waals surface area contributed by atoms with Gasteiger partial charge < -0.3 is 14.7 Å². The Labute approximate surface area is 252 Å². The number of rotatable bonds is 7. The molecule has 0 unspecified atom stereocenters. The number of benzene rings is 2. The quantitative estimate of drug-likeness (QED) is 0.174. The van der Waals surface area contributed by atoms with Crippen molar-refractivity contribution in [2.45, 2.75) is 39.7 Å². The average Bonchev–Trinajstić information content (AvgIpc) is 3.44. The Bertz CT molecular complexity index is 1660. The van der Waals surface area contributed by atoms with Crippen LogP contribution in [0, 0.1) is 6.92 Å². The van der Waals surface area contributed by atoms with Crippen LogP contribution < -0.4 is 40.0 Å². The molecule has 0 aliphatic rings. The van der Waals surface area contributed by atoms with Gasteiger partial charge in [0.05, 0.1) is 17.4 Å². The molecule has 0 aliphatic carbocycles. The van der Waals surface area contributed by atoms with Crippen LogP contribution in [0.4, 0.5) is 0 Å². The first-order valence-electron chi connectivity index (χ1n) is 12.2. The number of aromatic amines is 1. The van der Waals surface area contributed by atoms with Gasteiger partial charge in [0, 0.05) is 24.4 Å². The summed E-state index contributed by atoms with van der Waals surface area (Å²) in [6, 6.07) is 16.0. The summed E-state index contributed by atoms with van der Waals surface area (Å²) in [4.78, 5) is 45.4. The van der Waals surface area contributed by atoms with Gasteiger partial charge in [0.1, 0.15) is 5.82 Å². The number of phosphoric acid groups is 1. The van der Waals surface area contributed by atoms with Crippen molar-refractivity contribution < 1.29 is 48.8 Å². The zero-order valence-corrected chi connectivity index (χ0v) is 25.2. The molecule has 0 saturated carbocycles. The summed E-state index contributed by atoms with van der Waals surface area (Å²) < 4.78 is 10.6. The van der Waals surface area contributed by atoms with Crippen molar-refractivity contribution in [1.82, 2.24) is 35.2 Å². The third-order valence-electron chi connectivity index (χ3n) is 5.97. The molecule has 5 rings (SSSR count). The zero-order valence-electron chi connectivity index (χ0n) is 22.4. The van der Waals surface area contributed by atoms with Gasteiger partial charge in [-0.1, -0.05) is 49.2 Å². The summed E-state index contributed by atoms with van der Waals surface area (Å²) in [6.07, 6.45) is 6.31. The van der Waals surface area contributed by atoms with Gasteiger partial charge in [0.2, 0.25) is 0 Å². The minimum Gasteiger partial charge on any atom is -0.756 e. The molecule has 0 saturated heterocycles. The molecule has 0 spiro atoms. The smallest absolute Gasteiger partial charge is 0.756 e. The first kappa shape index (κ1) is 31.4. The van der Waals surface area contributed by atoms with Crippen molar-refractivity contribution in [3.05, 3.63) is 88.2 Å². The number of hydrogen-bond acceptors (Lipinski definition) is 8. The minimum atomic E-state index is -4.89. The number of tetrazole rings is 1. The van der Waals surface area contributed by atoms with Gasteiger partial charge in [0.25, 0.3) is 13.4 Å². The van der Waals surface area contributed by atoms with Gasteiger partial charge in [-0.2, -0.15) is 0 Å². The predicted molar refractivity (Wildman–Crippen MR) is 143 cm³/mol.